The van der Waals surface area contributed by atoms with E-state index in [0.29, 0.717) is 13.1 Å². The monoisotopic (exact) mass is 375 g/mol. The van der Waals surface area contributed by atoms with Gasteiger partial charge in [0.25, 0.3) is 0 Å². The standard InChI is InChI=1S/C15H25N3O4S2/c1-12-5-6-13(16-23(4,19)20)14(11-12)17-24(21,22)18-9-7-15(2,3)8-10-18/h5-6,11,16-17H,7-10H2,1-4H3. The second-order valence-electron chi connectivity index (χ2n) is 7.09. The maximum atomic E-state index is 12.6. The largest absolute Gasteiger partial charge is 0.301 e. The van der Waals surface area contributed by atoms with E-state index >= 15 is 0 Å². The molecule has 1 saturated heterocycles. The summed E-state index contributed by atoms with van der Waals surface area (Å²) in [6, 6.07) is 4.88. The minimum atomic E-state index is -3.73. The number of nitrogens with zero attached hydrogens (tertiary/aromatic N) is 1. The SMILES string of the molecule is Cc1ccc(NS(C)(=O)=O)c(NS(=O)(=O)N2CCC(C)(C)CC2)c1. The van der Waals surface area contributed by atoms with Gasteiger partial charge in [0.2, 0.25) is 10.0 Å². The molecule has 1 aromatic rings. The molecule has 24 heavy (non-hydrogen) atoms. The van der Waals surface area contributed by atoms with E-state index in [1.165, 1.54) is 4.31 Å². The second-order valence-corrected chi connectivity index (χ2v) is 10.5. The molecule has 0 atom stereocenters. The van der Waals surface area contributed by atoms with Crippen LogP contribution in [0, 0.1) is 12.3 Å². The first kappa shape index (κ1) is 19.0. The lowest BCUT2D eigenvalue weighted by molar-refractivity contribution is 0.196. The molecular weight excluding hydrogens is 350 g/mol. The molecule has 0 saturated carbocycles. The van der Waals surface area contributed by atoms with Crippen molar-refractivity contribution in [2.45, 2.75) is 33.6 Å². The van der Waals surface area contributed by atoms with Gasteiger partial charge in [0.05, 0.1) is 17.6 Å². The quantitative estimate of drug-likeness (QED) is 0.824. The number of hydrogen-bond donors (Lipinski definition) is 2. The Morgan fingerprint density at radius 2 is 1.58 bits per heavy atom. The van der Waals surface area contributed by atoms with Crippen molar-refractivity contribution >= 4 is 31.6 Å². The van der Waals surface area contributed by atoms with Gasteiger partial charge in [-0.2, -0.15) is 12.7 Å². The van der Waals surface area contributed by atoms with Gasteiger partial charge in [0, 0.05) is 13.1 Å². The fourth-order valence-electron chi connectivity index (χ4n) is 2.57. The van der Waals surface area contributed by atoms with Gasteiger partial charge in [-0.05, 0) is 42.9 Å². The highest BCUT2D eigenvalue weighted by molar-refractivity contribution is 7.92. The van der Waals surface area contributed by atoms with E-state index in [9.17, 15) is 16.8 Å². The molecule has 0 spiro atoms. The number of aryl methyl sites for hydroxylation is 1. The minimum absolute atomic E-state index is 0.137. The Bertz CT molecular complexity index is 807. The molecule has 7 nitrogen and oxygen atoms in total. The van der Waals surface area contributed by atoms with E-state index in [2.05, 4.69) is 23.3 Å². The highest BCUT2D eigenvalue weighted by atomic mass is 32.2. The van der Waals surface area contributed by atoms with Crippen molar-refractivity contribution in [1.82, 2.24) is 4.31 Å². The summed E-state index contributed by atoms with van der Waals surface area (Å²) < 4.78 is 54.5. The van der Waals surface area contributed by atoms with Crippen LogP contribution in [0.3, 0.4) is 0 Å². The fraction of sp³-hybridized carbons (Fsp3) is 0.600. The van der Waals surface area contributed by atoms with Crippen LogP contribution in [0.5, 0.6) is 0 Å². The predicted molar refractivity (Wildman–Crippen MR) is 96.8 cm³/mol. The number of rotatable bonds is 5. The second kappa shape index (κ2) is 6.53. The Labute approximate surface area is 144 Å². The highest BCUT2D eigenvalue weighted by Gasteiger charge is 2.32. The zero-order chi connectivity index (χ0) is 18.2. The maximum Gasteiger partial charge on any atom is 0.301 e. The summed E-state index contributed by atoms with van der Waals surface area (Å²) >= 11 is 0. The molecule has 2 rings (SSSR count). The Balaban J connectivity index is 2.25. The first-order chi connectivity index (χ1) is 10.9. The minimum Gasteiger partial charge on any atom is -0.282 e. The van der Waals surface area contributed by atoms with Gasteiger partial charge in [0.1, 0.15) is 0 Å². The molecule has 0 aliphatic carbocycles. The van der Waals surface area contributed by atoms with Gasteiger partial charge >= 0.3 is 10.2 Å². The number of anilines is 2. The lowest BCUT2D eigenvalue weighted by Gasteiger charge is -2.36. The zero-order valence-corrected chi connectivity index (χ0v) is 16.1. The normalized spacial score (nSPS) is 19.0. The van der Waals surface area contributed by atoms with Crippen molar-refractivity contribution in [3.8, 4) is 0 Å². The first-order valence-electron chi connectivity index (χ1n) is 7.74. The van der Waals surface area contributed by atoms with Crippen LogP contribution in [-0.2, 0) is 20.2 Å². The lowest BCUT2D eigenvalue weighted by Crippen LogP contribution is -2.43. The Kier molecular flexibility index (Phi) is 5.17. The summed E-state index contributed by atoms with van der Waals surface area (Å²) in [4.78, 5) is 0. The summed E-state index contributed by atoms with van der Waals surface area (Å²) in [6.07, 6.45) is 2.60. The molecule has 0 unspecified atom stereocenters. The van der Waals surface area contributed by atoms with Gasteiger partial charge in [-0.25, -0.2) is 8.42 Å². The third kappa shape index (κ3) is 5.09. The average molecular weight is 376 g/mol. The summed E-state index contributed by atoms with van der Waals surface area (Å²) in [5.41, 5.74) is 1.40. The molecule has 9 heteroatoms. The summed E-state index contributed by atoms with van der Waals surface area (Å²) in [7, 11) is -7.24. The molecule has 1 heterocycles. The molecule has 2 N–H and O–H groups in total. The Morgan fingerprint density at radius 1 is 1.00 bits per heavy atom. The van der Waals surface area contributed by atoms with Gasteiger partial charge in [-0.3, -0.25) is 9.44 Å². The fourth-order valence-corrected chi connectivity index (χ4v) is 4.38. The van der Waals surface area contributed by atoms with Crippen LogP contribution in [0.1, 0.15) is 32.3 Å². The van der Waals surface area contributed by atoms with Crippen molar-refractivity contribution in [2.75, 3.05) is 28.8 Å². The Morgan fingerprint density at radius 3 is 2.12 bits per heavy atom. The van der Waals surface area contributed by atoms with Crippen LogP contribution in [0.4, 0.5) is 11.4 Å². The van der Waals surface area contributed by atoms with Crippen molar-refractivity contribution in [2.24, 2.45) is 5.41 Å². The van der Waals surface area contributed by atoms with E-state index < -0.39 is 20.2 Å². The van der Waals surface area contributed by atoms with Gasteiger partial charge in [-0.1, -0.05) is 19.9 Å². The topological polar surface area (TPSA) is 95.6 Å². The van der Waals surface area contributed by atoms with E-state index in [0.717, 1.165) is 24.7 Å². The number of hydrogen-bond acceptors (Lipinski definition) is 4. The molecule has 1 aliphatic rings. The molecule has 136 valence electrons. The van der Waals surface area contributed by atoms with Crippen LogP contribution >= 0.6 is 0 Å². The van der Waals surface area contributed by atoms with Crippen LogP contribution < -0.4 is 9.44 Å². The van der Waals surface area contributed by atoms with E-state index in [4.69, 9.17) is 0 Å². The summed E-state index contributed by atoms with van der Waals surface area (Å²) in [5, 5.41) is 0. The Hall–Kier alpha value is -1.32. The van der Waals surface area contributed by atoms with Crippen molar-refractivity contribution in [1.29, 1.82) is 0 Å². The molecule has 0 aromatic heterocycles. The third-order valence-electron chi connectivity index (χ3n) is 4.13. The van der Waals surface area contributed by atoms with Crippen LogP contribution in [0.2, 0.25) is 0 Å². The average Bonchev–Trinajstić information content (AvgIpc) is 2.39. The predicted octanol–water partition coefficient (Wildman–Crippen LogP) is 2.15. The van der Waals surface area contributed by atoms with E-state index in [-0.39, 0.29) is 16.8 Å². The van der Waals surface area contributed by atoms with E-state index in [1.54, 1.807) is 18.2 Å². The summed E-state index contributed by atoms with van der Waals surface area (Å²) in [6.45, 7) is 6.95. The van der Waals surface area contributed by atoms with Crippen LogP contribution in [-0.4, -0.2) is 40.5 Å². The van der Waals surface area contributed by atoms with Crippen molar-refractivity contribution in [3.63, 3.8) is 0 Å². The first-order valence-corrected chi connectivity index (χ1v) is 11.1. The molecule has 1 aromatic carbocycles. The highest BCUT2D eigenvalue weighted by Crippen LogP contribution is 2.32. The molecule has 0 radical (unpaired) electrons. The lowest BCUT2D eigenvalue weighted by atomic mass is 9.83. The number of sulfonamides is 1. The van der Waals surface area contributed by atoms with Crippen molar-refractivity contribution < 1.29 is 16.8 Å². The smallest absolute Gasteiger partial charge is 0.282 e. The van der Waals surface area contributed by atoms with Gasteiger partial charge in [0.15, 0.2) is 0 Å². The molecule has 0 amide bonds. The molecular formula is C15H25N3O4S2. The van der Waals surface area contributed by atoms with Crippen LogP contribution in [0.15, 0.2) is 18.2 Å². The van der Waals surface area contributed by atoms with Gasteiger partial charge < -0.3 is 0 Å². The molecule has 1 fully saturated rings. The van der Waals surface area contributed by atoms with E-state index in [1.807, 2.05) is 6.92 Å². The number of benzene rings is 1. The third-order valence-corrected chi connectivity index (χ3v) is 6.24. The summed E-state index contributed by atoms with van der Waals surface area (Å²) in [5.74, 6) is 0. The number of nitrogens with one attached hydrogen (secondary N) is 2. The maximum absolute atomic E-state index is 12.6. The van der Waals surface area contributed by atoms with Gasteiger partial charge in [-0.15, -0.1) is 0 Å². The van der Waals surface area contributed by atoms with Crippen LogP contribution in [0.25, 0.3) is 0 Å². The zero-order valence-electron chi connectivity index (χ0n) is 14.5. The molecule has 1 aliphatic heterocycles. The number of piperidine rings is 1. The van der Waals surface area contributed by atoms with Crippen molar-refractivity contribution in [3.05, 3.63) is 23.8 Å². The molecule has 0 bridgehead atoms.